The van der Waals surface area contributed by atoms with Gasteiger partial charge in [0.1, 0.15) is 0 Å². The van der Waals surface area contributed by atoms with E-state index in [9.17, 15) is 22.8 Å². The molecule has 1 saturated heterocycles. The summed E-state index contributed by atoms with van der Waals surface area (Å²) in [5.41, 5.74) is 0. The van der Waals surface area contributed by atoms with Crippen molar-refractivity contribution in [1.29, 1.82) is 0 Å². The quantitative estimate of drug-likeness (QED) is 0.852. The van der Waals surface area contributed by atoms with Crippen LogP contribution in [0.2, 0.25) is 0 Å². The minimum atomic E-state index is -4.84. The molecule has 1 aliphatic heterocycles. The average molecular weight is 334 g/mol. The van der Waals surface area contributed by atoms with Crippen molar-refractivity contribution < 1.29 is 22.8 Å². The van der Waals surface area contributed by atoms with Crippen LogP contribution >= 0.6 is 11.3 Å². The van der Waals surface area contributed by atoms with Gasteiger partial charge < -0.3 is 9.80 Å². The highest BCUT2D eigenvalue weighted by molar-refractivity contribution is 7.09. The highest BCUT2D eigenvalue weighted by Gasteiger charge is 2.43. The fourth-order valence-corrected chi connectivity index (χ4v) is 3.29. The molecule has 0 atom stereocenters. The number of alkyl halides is 3. The second-order valence-corrected chi connectivity index (χ2v) is 6.37. The maximum atomic E-state index is 12.4. The minimum Gasteiger partial charge on any atom is -0.340 e. The van der Waals surface area contributed by atoms with E-state index in [0.717, 1.165) is 9.78 Å². The van der Waals surface area contributed by atoms with Gasteiger partial charge in [-0.25, -0.2) is 0 Å². The van der Waals surface area contributed by atoms with Crippen molar-refractivity contribution in [3.8, 4) is 0 Å². The summed E-state index contributed by atoms with van der Waals surface area (Å²) < 4.78 is 37.1. The Labute approximate surface area is 130 Å². The highest BCUT2D eigenvalue weighted by atomic mass is 32.1. The van der Waals surface area contributed by atoms with Gasteiger partial charge in [0, 0.05) is 30.9 Å². The van der Waals surface area contributed by atoms with E-state index in [1.807, 2.05) is 17.5 Å². The van der Waals surface area contributed by atoms with Crippen molar-refractivity contribution in [1.82, 2.24) is 9.80 Å². The molecule has 2 amide bonds. The summed E-state index contributed by atoms with van der Waals surface area (Å²) in [6.07, 6.45) is -4.29. The van der Waals surface area contributed by atoms with Crippen molar-refractivity contribution in [3.63, 3.8) is 0 Å². The Morgan fingerprint density at radius 1 is 1.36 bits per heavy atom. The summed E-state index contributed by atoms with van der Waals surface area (Å²) in [5, 5.41) is 1.93. The van der Waals surface area contributed by atoms with Crippen LogP contribution in [0.3, 0.4) is 0 Å². The van der Waals surface area contributed by atoms with Gasteiger partial charge in [0.2, 0.25) is 5.91 Å². The normalized spacial score (nSPS) is 16.6. The Kier molecular flexibility index (Phi) is 5.10. The molecule has 0 saturated carbocycles. The number of nitrogens with zero attached hydrogens (tertiary/aromatic N) is 2. The van der Waals surface area contributed by atoms with E-state index >= 15 is 0 Å². The van der Waals surface area contributed by atoms with E-state index in [1.54, 1.807) is 23.3 Å². The maximum absolute atomic E-state index is 12.4. The van der Waals surface area contributed by atoms with Gasteiger partial charge >= 0.3 is 12.1 Å². The zero-order valence-electron chi connectivity index (χ0n) is 12.1. The van der Waals surface area contributed by atoms with E-state index in [1.165, 1.54) is 0 Å². The van der Waals surface area contributed by atoms with Gasteiger partial charge in [0.15, 0.2) is 0 Å². The number of likely N-dealkylation sites (tertiary alicyclic amines) is 1. The zero-order chi connectivity index (χ0) is 16.3. The van der Waals surface area contributed by atoms with Gasteiger partial charge in [-0.1, -0.05) is 6.07 Å². The topological polar surface area (TPSA) is 40.6 Å². The van der Waals surface area contributed by atoms with E-state index in [2.05, 4.69) is 0 Å². The van der Waals surface area contributed by atoms with Crippen LogP contribution in [0.5, 0.6) is 0 Å². The molecule has 0 radical (unpaired) electrons. The Morgan fingerprint density at radius 2 is 2.00 bits per heavy atom. The van der Waals surface area contributed by atoms with E-state index in [0.29, 0.717) is 6.54 Å². The molecular weight excluding hydrogens is 317 g/mol. The average Bonchev–Trinajstić information content (AvgIpc) is 2.97. The number of carbonyl (C=O) groups is 2. The highest BCUT2D eigenvalue weighted by Crippen LogP contribution is 2.25. The molecule has 0 aliphatic carbocycles. The first-order chi connectivity index (χ1) is 10.3. The summed E-state index contributed by atoms with van der Waals surface area (Å²) in [7, 11) is 1.69. The number of halogens is 3. The lowest BCUT2D eigenvalue weighted by Crippen LogP contribution is -2.47. The number of piperidine rings is 1. The molecule has 0 N–H and O–H groups in total. The van der Waals surface area contributed by atoms with E-state index in [4.69, 9.17) is 0 Å². The molecule has 0 unspecified atom stereocenters. The maximum Gasteiger partial charge on any atom is 0.471 e. The molecule has 2 heterocycles. The minimum absolute atomic E-state index is 0.0262. The number of hydrogen-bond acceptors (Lipinski definition) is 3. The lowest BCUT2D eigenvalue weighted by atomic mass is 9.95. The van der Waals surface area contributed by atoms with Gasteiger partial charge in [-0.3, -0.25) is 9.59 Å². The van der Waals surface area contributed by atoms with Crippen LogP contribution in [0.25, 0.3) is 0 Å². The van der Waals surface area contributed by atoms with Crippen LogP contribution in [-0.4, -0.2) is 47.9 Å². The van der Waals surface area contributed by atoms with Gasteiger partial charge in [-0.15, -0.1) is 11.3 Å². The first-order valence-corrected chi connectivity index (χ1v) is 7.80. The van der Waals surface area contributed by atoms with Gasteiger partial charge in [0.25, 0.3) is 0 Å². The first-order valence-electron chi connectivity index (χ1n) is 6.92. The van der Waals surface area contributed by atoms with Crippen molar-refractivity contribution in [2.45, 2.75) is 25.6 Å². The van der Waals surface area contributed by atoms with Crippen LogP contribution in [0.15, 0.2) is 17.5 Å². The van der Waals surface area contributed by atoms with Crippen LogP contribution in [0.1, 0.15) is 17.7 Å². The first kappa shape index (κ1) is 16.8. The van der Waals surface area contributed by atoms with Crippen LogP contribution in [0.4, 0.5) is 13.2 Å². The predicted octanol–water partition coefficient (Wildman–Crippen LogP) is 2.51. The number of rotatable bonds is 3. The third-order valence-electron chi connectivity index (χ3n) is 3.72. The van der Waals surface area contributed by atoms with E-state index < -0.39 is 12.1 Å². The molecule has 0 spiro atoms. The Balaban J connectivity index is 1.86. The molecule has 1 aromatic rings. The van der Waals surface area contributed by atoms with Gasteiger partial charge in [-0.05, 0) is 24.3 Å². The van der Waals surface area contributed by atoms with Crippen molar-refractivity contribution >= 4 is 23.2 Å². The molecular formula is C14H17F3N2O2S. The molecule has 8 heteroatoms. The second-order valence-electron chi connectivity index (χ2n) is 5.34. The molecule has 1 aliphatic rings. The monoisotopic (exact) mass is 334 g/mol. The van der Waals surface area contributed by atoms with Gasteiger partial charge in [-0.2, -0.15) is 13.2 Å². The standard InChI is InChI=1S/C14H17F3N2O2S/c1-18(9-11-3-2-8-22-11)12(20)10-4-6-19(7-5-10)13(21)14(15,16)17/h2-3,8,10H,4-7,9H2,1H3. The molecule has 1 aromatic heterocycles. The molecule has 1 fully saturated rings. The number of thiophene rings is 1. The molecule has 122 valence electrons. The summed E-state index contributed by atoms with van der Waals surface area (Å²) in [5.74, 6) is -2.21. The summed E-state index contributed by atoms with van der Waals surface area (Å²) in [6.45, 7) is 0.446. The zero-order valence-corrected chi connectivity index (χ0v) is 12.9. The van der Waals surface area contributed by atoms with Crippen LogP contribution in [-0.2, 0) is 16.1 Å². The fraction of sp³-hybridized carbons (Fsp3) is 0.571. The molecule has 0 aromatic carbocycles. The SMILES string of the molecule is CN(Cc1cccs1)C(=O)C1CCN(C(=O)C(F)(F)F)CC1. The molecule has 2 rings (SSSR count). The third kappa shape index (κ3) is 4.00. The second kappa shape index (κ2) is 6.68. The van der Waals surface area contributed by atoms with Crippen molar-refractivity contribution in [3.05, 3.63) is 22.4 Å². The Hall–Kier alpha value is -1.57. The molecule has 22 heavy (non-hydrogen) atoms. The fourth-order valence-electron chi connectivity index (χ4n) is 2.53. The largest absolute Gasteiger partial charge is 0.471 e. The van der Waals surface area contributed by atoms with Crippen molar-refractivity contribution in [2.75, 3.05) is 20.1 Å². The van der Waals surface area contributed by atoms with Gasteiger partial charge in [0.05, 0.1) is 6.54 Å². The van der Waals surface area contributed by atoms with Crippen molar-refractivity contribution in [2.24, 2.45) is 5.92 Å². The smallest absolute Gasteiger partial charge is 0.340 e. The van der Waals surface area contributed by atoms with Crippen LogP contribution in [0, 0.1) is 5.92 Å². The number of carbonyl (C=O) groups excluding carboxylic acids is 2. The third-order valence-corrected chi connectivity index (χ3v) is 4.58. The number of hydrogen-bond donors (Lipinski definition) is 0. The molecule has 0 bridgehead atoms. The summed E-state index contributed by atoms with van der Waals surface area (Å²) in [6, 6.07) is 3.83. The Bertz CT molecular complexity index is 523. The number of amides is 2. The predicted molar refractivity (Wildman–Crippen MR) is 76.2 cm³/mol. The van der Waals surface area contributed by atoms with Crippen LogP contribution < -0.4 is 0 Å². The summed E-state index contributed by atoms with van der Waals surface area (Å²) in [4.78, 5) is 26.9. The summed E-state index contributed by atoms with van der Waals surface area (Å²) >= 11 is 1.55. The molecule has 4 nitrogen and oxygen atoms in total. The Morgan fingerprint density at radius 3 is 2.50 bits per heavy atom. The lowest BCUT2D eigenvalue weighted by molar-refractivity contribution is -0.187. The van der Waals surface area contributed by atoms with E-state index in [-0.39, 0.29) is 37.8 Å². The lowest BCUT2D eigenvalue weighted by Gasteiger charge is -2.33.